The molecule has 112 valence electrons. The molecular formula is C20H8S4. The lowest BCUT2D eigenvalue weighted by Gasteiger charge is -1.93. The van der Waals surface area contributed by atoms with E-state index in [4.69, 9.17) is 0 Å². The molecule has 0 bridgehead atoms. The van der Waals surface area contributed by atoms with Crippen molar-refractivity contribution in [3.63, 3.8) is 0 Å². The summed E-state index contributed by atoms with van der Waals surface area (Å²) in [6.07, 6.45) is 0. The summed E-state index contributed by atoms with van der Waals surface area (Å²) in [4.78, 5) is 5.53. The lowest BCUT2D eigenvalue weighted by molar-refractivity contribution is 1.76. The van der Waals surface area contributed by atoms with Crippen LogP contribution in [0, 0.1) is 0 Å². The van der Waals surface area contributed by atoms with E-state index in [0.717, 1.165) is 0 Å². The van der Waals surface area contributed by atoms with Crippen LogP contribution in [0.5, 0.6) is 0 Å². The van der Waals surface area contributed by atoms with Gasteiger partial charge in [0.05, 0.1) is 19.5 Å². The summed E-state index contributed by atoms with van der Waals surface area (Å²) < 4.78 is 0. The van der Waals surface area contributed by atoms with Gasteiger partial charge in [0, 0.05) is 33.4 Å². The average Bonchev–Trinajstić information content (AvgIpc) is 3.38. The van der Waals surface area contributed by atoms with Crippen LogP contribution in [0.1, 0.15) is 22.3 Å². The number of rotatable bonds is 0. The van der Waals surface area contributed by atoms with Gasteiger partial charge in [-0.3, -0.25) is 0 Å². The third kappa shape index (κ3) is 1.63. The van der Waals surface area contributed by atoms with Gasteiger partial charge in [0.25, 0.3) is 0 Å². The minimum absolute atomic E-state index is 1.19. The predicted octanol–water partition coefficient (Wildman–Crippen LogP) is 7.21. The molecule has 0 aromatic carbocycles. The van der Waals surface area contributed by atoms with Crippen LogP contribution in [0.3, 0.4) is 0 Å². The zero-order valence-corrected chi connectivity index (χ0v) is 15.5. The molecule has 4 aromatic rings. The second-order valence-electron chi connectivity index (χ2n) is 5.65. The van der Waals surface area contributed by atoms with E-state index in [2.05, 4.69) is 57.2 Å². The smallest absolute Gasteiger partial charge is 0.0534 e. The maximum atomic E-state index is 3.52. The Morgan fingerprint density at radius 3 is 1.04 bits per heavy atom. The quantitative estimate of drug-likeness (QED) is 0.246. The minimum Gasteiger partial charge on any atom is -0.142 e. The molecule has 0 amide bonds. The van der Waals surface area contributed by atoms with Gasteiger partial charge < -0.3 is 0 Å². The largest absolute Gasteiger partial charge is 0.142 e. The third-order valence-electron chi connectivity index (χ3n) is 4.46. The van der Waals surface area contributed by atoms with E-state index in [1.54, 1.807) is 0 Å². The number of fused-ring (bicyclic) bond motifs is 6. The van der Waals surface area contributed by atoms with Crippen molar-refractivity contribution in [3.05, 3.63) is 79.5 Å². The van der Waals surface area contributed by atoms with Gasteiger partial charge in [0.15, 0.2) is 0 Å². The highest BCUT2D eigenvalue weighted by Gasteiger charge is 2.27. The Hall–Kier alpha value is -1.90. The molecule has 6 rings (SSSR count). The van der Waals surface area contributed by atoms with Crippen LogP contribution < -0.4 is 0 Å². The van der Waals surface area contributed by atoms with Crippen molar-refractivity contribution in [2.24, 2.45) is 0 Å². The van der Waals surface area contributed by atoms with Gasteiger partial charge in [-0.2, -0.15) is 0 Å². The lowest BCUT2D eigenvalue weighted by Crippen LogP contribution is -1.76. The van der Waals surface area contributed by atoms with Gasteiger partial charge in [-0.1, -0.05) is 11.5 Å². The van der Waals surface area contributed by atoms with E-state index in [-0.39, 0.29) is 0 Å². The van der Waals surface area contributed by atoms with Crippen LogP contribution in [0.25, 0.3) is 30.7 Å². The number of thiophene rings is 4. The highest BCUT2D eigenvalue weighted by molar-refractivity contribution is 7.21. The molecule has 2 aliphatic rings. The highest BCUT2D eigenvalue weighted by atomic mass is 32.1. The second kappa shape index (κ2) is 4.81. The number of hydrogen-bond donors (Lipinski definition) is 0. The monoisotopic (exact) mass is 376 g/mol. The zero-order valence-electron chi connectivity index (χ0n) is 12.3. The first-order chi connectivity index (χ1) is 11.9. The molecule has 4 heterocycles. The SMILES string of the molecule is C(=C=C1c2ccsc2-c2sccc21)=C1c2ccsc2-c2sccc21. The Labute approximate surface area is 155 Å². The van der Waals surface area contributed by atoms with Crippen LogP contribution in [0.2, 0.25) is 0 Å². The van der Waals surface area contributed by atoms with Crippen molar-refractivity contribution in [1.29, 1.82) is 0 Å². The zero-order chi connectivity index (χ0) is 15.7. The maximum Gasteiger partial charge on any atom is 0.0534 e. The first-order valence-electron chi connectivity index (χ1n) is 7.50. The predicted molar refractivity (Wildman–Crippen MR) is 107 cm³/mol. The molecule has 0 aliphatic heterocycles. The summed E-state index contributed by atoms with van der Waals surface area (Å²) in [5.41, 5.74) is 14.7. The first-order valence-corrected chi connectivity index (χ1v) is 11.0. The average molecular weight is 377 g/mol. The van der Waals surface area contributed by atoms with Gasteiger partial charge in [-0.05, 0) is 45.8 Å². The van der Waals surface area contributed by atoms with Crippen LogP contribution >= 0.6 is 45.3 Å². The molecule has 0 atom stereocenters. The lowest BCUT2D eigenvalue weighted by atomic mass is 10.1. The van der Waals surface area contributed by atoms with E-state index in [9.17, 15) is 0 Å². The summed E-state index contributed by atoms with van der Waals surface area (Å²) in [5.74, 6) is 0. The van der Waals surface area contributed by atoms with Crippen molar-refractivity contribution in [2.75, 3.05) is 0 Å². The van der Waals surface area contributed by atoms with E-state index in [1.807, 2.05) is 45.3 Å². The topological polar surface area (TPSA) is 0 Å². The molecule has 0 N–H and O–H groups in total. The van der Waals surface area contributed by atoms with Crippen molar-refractivity contribution < 1.29 is 0 Å². The Bertz CT molecular complexity index is 1040. The summed E-state index contributed by atoms with van der Waals surface area (Å²) in [5, 5.41) is 8.69. The third-order valence-corrected chi connectivity index (χ3v) is 8.45. The fraction of sp³-hybridized carbons (Fsp3) is 0. The first kappa shape index (κ1) is 13.4. The molecule has 4 aromatic heterocycles. The van der Waals surface area contributed by atoms with Crippen LogP contribution in [0.15, 0.2) is 57.2 Å². The van der Waals surface area contributed by atoms with Crippen LogP contribution in [-0.4, -0.2) is 0 Å². The molecule has 4 heteroatoms. The Morgan fingerprint density at radius 2 is 0.750 bits per heavy atom. The van der Waals surface area contributed by atoms with Crippen molar-refractivity contribution in [3.8, 4) is 19.5 Å². The van der Waals surface area contributed by atoms with Crippen molar-refractivity contribution in [1.82, 2.24) is 0 Å². The number of hydrogen-bond acceptors (Lipinski definition) is 4. The summed E-state index contributed by atoms with van der Waals surface area (Å²) in [6, 6.07) is 8.84. The summed E-state index contributed by atoms with van der Waals surface area (Å²) in [7, 11) is 0. The van der Waals surface area contributed by atoms with Crippen molar-refractivity contribution in [2.45, 2.75) is 0 Å². The molecule has 0 radical (unpaired) electrons. The second-order valence-corrected chi connectivity index (χ2v) is 9.32. The normalized spacial score (nSPS) is 13.3. The van der Waals surface area contributed by atoms with E-state index < -0.39 is 0 Å². The molecule has 0 unspecified atom stereocenters. The fourth-order valence-electron chi connectivity index (χ4n) is 3.41. The van der Waals surface area contributed by atoms with Crippen molar-refractivity contribution >= 4 is 56.5 Å². The molecule has 24 heavy (non-hydrogen) atoms. The maximum absolute atomic E-state index is 3.52. The van der Waals surface area contributed by atoms with E-state index >= 15 is 0 Å². The van der Waals surface area contributed by atoms with E-state index in [1.165, 1.54) is 52.9 Å². The van der Waals surface area contributed by atoms with Gasteiger partial charge in [0.2, 0.25) is 0 Å². The molecular weight excluding hydrogens is 368 g/mol. The Balaban J connectivity index is 1.70. The van der Waals surface area contributed by atoms with Gasteiger partial charge >= 0.3 is 0 Å². The molecule has 0 saturated carbocycles. The van der Waals surface area contributed by atoms with Gasteiger partial charge in [0.1, 0.15) is 0 Å². The Morgan fingerprint density at radius 1 is 0.458 bits per heavy atom. The van der Waals surface area contributed by atoms with Crippen LogP contribution in [0.4, 0.5) is 0 Å². The fourth-order valence-corrected chi connectivity index (χ4v) is 7.41. The molecule has 0 fully saturated rings. The van der Waals surface area contributed by atoms with Crippen LogP contribution in [-0.2, 0) is 0 Å². The molecule has 0 spiro atoms. The van der Waals surface area contributed by atoms with Gasteiger partial charge in [-0.25, -0.2) is 0 Å². The standard InChI is InChI=1S/C20H8S4/c1(11-13-3-7-21-17(13)18-14(11)4-8-22-18)2-12-15-5-9-23-19(15)20-16(12)6-10-24-20/h3-10H. The minimum atomic E-state index is 1.19. The highest BCUT2D eigenvalue weighted by Crippen LogP contribution is 2.51. The molecule has 0 saturated heterocycles. The molecule has 0 nitrogen and oxygen atoms in total. The Kier molecular flexibility index (Phi) is 2.68. The molecule has 2 aliphatic carbocycles. The van der Waals surface area contributed by atoms with Gasteiger partial charge in [-0.15, -0.1) is 45.3 Å². The van der Waals surface area contributed by atoms with E-state index in [0.29, 0.717) is 0 Å². The summed E-state index contributed by atoms with van der Waals surface area (Å²) in [6.45, 7) is 0. The summed E-state index contributed by atoms with van der Waals surface area (Å²) >= 11 is 7.28.